The molecule has 2 rings (SSSR count). The molecule has 2 heterocycles. The van der Waals surface area contributed by atoms with Gasteiger partial charge >= 0.3 is 6.03 Å². The second-order valence-corrected chi connectivity index (χ2v) is 6.97. The molecule has 2 saturated heterocycles. The van der Waals surface area contributed by atoms with Crippen molar-refractivity contribution in [3.8, 4) is 0 Å². The van der Waals surface area contributed by atoms with E-state index in [0.29, 0.717) is 25.4 Å². The molecule has 6 nitrogen and oxygen atoms in total. The van der Waals surface area contributed by atoms with Gasteiger partial charge in [0.05, 0.1) is 0 Å². The fourth-order valence-corrected chi connectivity index (χ4v) is 3.26. The number of carbonyl (C=O) groups is 3. The maximum atomic E-state index is 11.9. The van der Waals surface area contributed by atoms with Gasteiger partial charge in [0.15, 0.2) is 0 Å². The molecule has 130 valence electrons. The Morgan fingerprint density at radius 3 is 2.52 bits per heavy atom. The second-order valence-electron chi connectivity index (χ2n) is 6.97. The summed E-state index contributed by atoms with van der Waals surface area (Å²) in [4.78, 5) is 38.6. The van der Waals surface area contributed by atoms with E-state index < -0.39 is 0 Å². The minimum absolute atomic E-state index is 0.0258. The number of hydrogen-bond donors (Lipinski definition) is 1. The maximum absolute atomic E-state index is 11.9. The Bertz CT molecular complexity index is 452. The molecule has 0 radical (unpaired) electrons. The van der Waals surface area contributed by atoms with E-state index in [0.717, 1.165) is 45.2 Å². The molecule has 0 saturated carbocycles. The number of unbranched alkanes of at least 4 members (excludes halogenated alkanes) is 3. The highest BCUT2D eigenvalue weighted by molar-refractivity contribution is 6.03. The molecule has 2 aliphatic heterocycles. The summed E-state index contributed by atoms with van der Waals surface area (Å²) in [6, 6.07) is 0.0524. The van der Waals surface area contributed by atoms with Crippen molar-refractivity contribution >= 4 is 17.8 Å². The van der Waals surface area contributed by atoms with Crippen LogP contribution >= 0.6 is 0 Å². The zero-order valence-corrected chi connectivity index (χ0v) is 14.3. The van der Waals surface area contributed by atoms with E-state index in [2.05, 4.69) is 12.2 Å². The van der Waals surface area contributed by atoms with Gasteiger partial charge in [0, 0.05) is 38.5 Å². The molecule has 2 fully saturated rings. The van der Waals surface area contributed by atoms with Crippen molar-refractivity contribution in [3.05, 3.63) is 0 Å². The fourth-order valence-electron chi connectivity index (χ4n) is 3.26. The van der Waals surface area contributed by atoms with E-state index in [4.69, 9.17) is 0 Å². The average molecular weight is 323 g/mol. The summed E-state index contributed by atoms with van der Waals surface area (Å²) < 4.78 is 0. The van der Waals surface area contributed by atoms with E-state index in [1.54, 1.807) is 0 Å². The Hall–Kier alpha value is -1.59. The standard InChI is InChI=1S/C17H29N3O3/c1-13-7-10-19(12-13)17(23)18-8-5-3-4-6-9-20-15(21)11-14(2)16(20)22/h13-14H,3-12H2,1-2H3,(H,18,23)/t13-,14?/m1/s1. The van der Waals surface area contributed by atoms with Gasteiger partial charge in [0.25, 0.3) is 0 Å². The Balaban J connectivity index is 1.49. The summed E-state index contributed by atoms with van der Waals surface area (Å²) in [7, 11) is 0. The number of amides is 4. The molecule has 2 atom stereocenters. The minimum Gasteiger partial charge on any atom is -0.338 e. The third-order valence-electron chi connectivity index (χ3n) is 4.77. The highest BCUT2D eigenvalue weighted by Gasteiger charge is 2.34. The molecule has 1 unspecified atom stereocenters. The lowest BCUT2D eigenvalue weighted by atomic mass is 10.1. The fraction of sp³-hybridized carbons (Fsp3) is 0.824. The molecular weight excluding hydrogens is 294 g/mol. The summed E-state index contributed by atoms with van der Waals surface area (Å²) >= 11 is 0. The third kappa shape index (κ3) is 4.94. The summed E-state index contributed by atoms with van der Waals surface area (Å²) in [5.41, 5.74) is 0. The van der Waals surface area contributed by atoms with Crippen molar-refractivity contribution in [2.24, 2.45) is 11.8 Å². The third-order valence-corrected chi connectivity index (χ3v) is 4.77. The Labute approximate surface area is 138 Å². The van der Waals surface area contributed by atoms with Crippen molar-refractivity contribution in [2.45, 2.75) is 52.4 Å². The lowest BCUT2D eigenvalue weighted by Crippen LogP contribution is -2.38. The van der Waals surface area contributed by atoms with Crippen LogP contribution in [0.3, 0.4) is 0 Å². The maximum Gasteiger partial charge on any atom is 0.317 e. The first-order valence-electron chi connectivity index (χ1n) is 8.86. The Morgan fingerprint density at radius 2 is 1.91 bits per heavy atom. The van der Waals surface area contributed by atoms with Gasteiger partial charge in [-0.3, -0.25) is 14.5 Å². The lowest BCUT2D eigenvalue weighted by molar-refractivity contribution is -0.139. The van der Waals surface area contributed by atoms with E-state index in [-0.39, 0.29) is 23.8 Å². The van der Waals surface area contributed by atoms with Crippen LogP contribution < -0.4 is 5.32 Å². The quantitative estimate of drug-likeness (QED) is 0.575. The van der Waals surface area contributed by atoms with Crippen LogP contribution in [0.25, 0.3) is 0 Å². The SMILES string of the molecule is CC1CC(=O)N(CCCCCCNC(=O)N2CC[C@@H](C)C2)C1=O. The molecule has 0 aromatic heterocycles. The van der Waals surface area contributed by atoms with Crippen LogP contribution in [0.4, 0.5) is 4.79 Å². The van der Waals surface area contributed by atoms with Crippen LogP contribution in [0.5, 0.6) is 0 Å². The van der Waals surface area contributed by atoms with Gasteiger partial charge in [-0.05, 0) is 25.2 Å². The van der Waals surface area contributed by atoms with Gasteiger partial charge in [0.1, 0.15) is 0 Å². The number of nitrogens with one attached hydrogen (secondary N) is 1. The number of urea groups is 1. The first-order chi connectivity index (χ1) is 11.0. The summed E-state index contributed by atoms with van der Waals surface area (Å²) in [6.07, 6.45) is 5.22. The van der Waals surface area contributed by atoms with Gasteiger partial charge in [-0.15, -0.1) is 0 Å². The van der Waals surface area contributed by atoms with E-state index >= 15 is 0 Å². The molecule has 1 N–H and O–H groups in total. The normalized spacial score (nSPS) is 24.6. The molecule has 2 aliphatic rings. The van der Waals surface area contributed by atoms with Crippen molar-refractivity contribution in [1.29, 1.82) is 0 Å². The highest BCUT2D eigenvalue weighted by atomic mass is 16.2. The minimum atomic E-state index is -0.147. The molecule has 4 amide bonds. The number of rotatable bonds is 7. The van der Waals surface area contributed by atoms with Crippen LogP contribution in [0.1, 0.15) is 52.4 Å². The van der Waals surface area contributed by atoms with Gasteiger partial charge in [0.2, 0.25) is 11.8 Å². The second kappa shape index (κ2) is 8.31. The molecule has 0 aromatic carbocycles. The highest BCUT2D eigenvalue weighted by Crippen LogP contribution is 2.19. The van der Waals surface area contributed by atoms with E-state index in [9.17, 15) is 14.4 Å². The monoisotopic (exact) mass is 323 g/mol. The van der Waals surface area contributed by atoms with Crippen molar-refractivity contribution < 1.29 is 14.4 Å². The van der Waals surface area contributed by atoms with Crippen molar-refractivity contribution in [3.63, 3.8) is 0 Å². The van der Waals surface area contributed by atoms with Gasteiger partial charge in [-0.1, -0.05) is 26.7 Å². The van der Waals surface area contributed by atoms with Crippen LogP contribution in [-0.2, 0) is 9.59 Å². The number of carbonyl (C=O) groups excluding carboxylic acids is 3. The van der Waals surface area contributed by atoms with Crippen molar-refractivity contribution in [2.75, 3.05) is 26.2 Å². The smallest absolute Gasteiger partial charge is 0.317 e. The number of likely N-dealkylation sites (tertiary alicyclic amines) is 2. The molecule has 0 aromatic rings. The van der Waals surface area contributed by atoms with E-state index in [1.807, 2.05) is 11.8 Å². The molecule has 23 heavy (non-hydrogen) atoms. The zero-order chi connectivity index (χ0) is 16.8. The molecular formula is C17H29N3O3. The van der Waals surface area contributed by atoms with Gasteiger partial charge in [-0.25, -0.2) is 4.79 Å². The summed E-state index contributed by atoms with van der Waals surface area (Å²) in [5, 5.41) is 2.97. The number of hydrogen-bond acceptors (Lipinski definition) is 3. The van der Waals surface area contributed by atoms with Crippen LogP contribution in [0.15, 0.2) is 0 Å². The number of nitrogens with zero attached hydrogens (tertiary/aromatic N) is 2. The van der Waals surface area contributed by atoms with Crippen LogP contribution in [0.2, 0.25) is 0 Å². The van der Waals surface area contributed by atoms with Crippen LogP contribution in [-0.4, -0.2) is 53.8 Å². The van der Waals surface area contributed by atoms with Crippen LogP contribution in [0, 0.1) is 11.8 Å². The zero-order valence-electron chi connectivity index (χ0n) is 14.3. The van der Waals surface area contributed by atoms with E-state index in [1.165, 1.54) is 4.90 Å². The molecule has 6 heteroatoms. The molecule has 0 aliphatic carbocycles. The largest absolute Gasteiger partial charge is 0.338 e. The lowest BCUT2D eigenvalue weighted by Gasteiger charge is -2.17. The number of imide groups is 1. The topological polar surface area (TPSA) is 69.7 Å². The Kier molecular flexibility index (Phi) is 6.42. The van der Waals surface area contributed by atoms with Gasteiger partial charge < -0.3 is 10.2 Å². The summed E-state index contributed by atoms with van der Waals surface area (Å²) in [5.74, 6) is 0.405. The van der Waals surface area contributed by atoms with Crippen molar-refractivity contribution in [1.82, 2.24) is 15.1 Å². The van der Waals surface area contributed by atoms with Gasteiger partial charge in [-0.2, -0.15) is 0 Å². The predicted octanol–water partition coefficient (Wildman–Crippen LogP) is 1.99. The average Bonchev–Trinajstić information content (AvgIpc) is 3.04. The Morgan fingerprint density at radius 1 is 1.17 bits per heavy atom. The first kappa shape index (κ1) is 17.8. The predicted molar refractivity (Wildman–Crippen MR) is 87.7 cm³/mol. The molecule has 0 bridgehead atoms. The first-order valence-corrected chi connectivity index (χ1v) is 8.86. The molecule has 0 spiro atoms. The summed E-state index contributed by atoms with van der Waals surface area (Å²) in [6.45, 7) is 6.95.